The van der Waals surface area contributed by atoms with Gasteiger partial charge in [0.1, 0.15) is 0 Å². The van der Waals surface area contributed by atoms with Gasteiger partial charge in [-0.05, 0) is 6.42 Å². The molecule has 0 radical (unpaired) electrons. The van der Waals surface area contributed by atoms with Crippen LogP contribution in [0.2, 0.25) is 0 Å². The normalized spacial score (nSPS) is 10.7. The SMILES string of the molecule is CCCCCl.O=P(O)(O)O.O=P(O)(O)O. The van der Waals surface area contributed by atoms with Crippen LogP contribution in [0.1, 0.15) is 19.8 Å². The molecule has 0 saturated heterocycles. The highest BCUT2D eigenvalue weighted by Crippen LogP contribution is 2.26. The third kappa shape index (κ3) is 360. The average molecular weight is 289 g/mol. The van der Waals surface area contributed by atoms with Crippen LogP contribution in [-0.4, -0.2) is 35.2 Å². The molecule has 11 heteroatoms. The van der Waals surface area contributed by atoms with E-state index >= 15 is 0 Å². The van der Waals surface area contributed by atoms with Gasteiger partial charge in [0, 0.05) is 5.88 Å². The number of halogens is 1. The Morgan fingerprint density at radius 2 is 1.13 bits per heavy atom. The van der Waals surface area contributed by atoms with Gasteiger partial charge in [-0.3, -0.25) is 0 Å². The Labute approximate surface area is 92.0 Å². The smallest absolute Gasteiger partial charge is 0.303 e. The highest BCUT2D eigenvalue weighted by molar-refractivity contribution is 7.45. The van der Waals surface area contributed by atoms with Crippen molar-refractivity contribution in [2.75, 3.05) is 5.88 Å². The highest BCUT2D eigenvalue weighted by atomic mass is 35.5. The molecule has 0 amide bonds. The lowest BCUT2D eigenvalue weighted by Crippen LogP contribution is -1.66. The molecule has 0 atom stereocenters. The van der Waals surface area contributed by atoms with Crippen LogP contribution in [0.5, 0.6) is 0 Å². The van der Waals surface area contributed by atoms with Crippen LogP contribution < -0.4 is 0 Å². The fraction of sp³-hybridized carbons (Fsp3) is 1.00. The van der Waals surface area contributed by atoms with E-state index < -0.39 is 15.6 Å². The van der Waals surface area contributed by atoms with Gasteiger partial charge in [0.05, 0.1) is 0 Å². The first-order valence-electron chi connectivity index (χ1n) is 3.54. The maximum Gasteiger partial charge on any atom is 0.466 e. The molecule has 96 valence electrons. The zero-order valence-electron chi connectivity index (χ0n) is 7.89. The lowest BCUT2D eigenvalue weighted by molar-refractivity contribution is 0.272. The molecule has 15 heavy (non-hydrogen) atoms. The molecular weight excluding hydrogens is 273 g/mol. The Kier molecular flexibility index (Phi) is 15.3. The number of alkyl halides is 1. The van der Waals surface area contributed by atoms with Gasteiger partial charge in [0.15, 0.2) is 0 Å². The molecule has 0 spiro atoms. The first kappa shape index (κ1) is 20.9. The topological polar surface area (TPSA) is 156 Å². The molecule has 6 N–H and O–H groups in total. The van der Waals surface area contributed by atoms with Gasteiger partial charge in [-0.15, -0.1) is 11.6 Å². The summed E-state index contributed by atoms with van der Waals surface area (Å²) in [7, 11) is -9.28. The van der Waals surface area contributed by atoms with Gasteiger partial charge in [-0.2, -0.15) is 0 Å². The lowest BCUT2D eigenvalue weighted by atomic mass is 10.4. The summed E-state index contributed by atoms with van der Waals surface area (Å²) in [5.74, 6) is 0.816. The van der Waals surface area contributed by atoms with Crippen LogP contribution in [0.3, 0.4) is 0 Å². The van der Waals surface area contributed by atoms with Crippen molar-refractivity contribution < 1.29 is 38.5 Å². The Bertz CT molecular complexity index is 170. The quantitative estimate of drug-likeness (QED) is 0.310. The number of hydrogen-bond acceptors (Lipinski definition) is 2. The second kappa shape index (κ2) is 11.0. The summed E-state index contributed by atoms with van der Waals surface area (Å²) in [6.45, 7) is 2.13. The van der Waals surface area contributed by atoms with Crippen LogP contribution in [0.15, 0.2) is 0 Å². The van der Waals surface area contributed by atoms with Crippen molar-refractivity contribution in [2.45, 2.75) is 19.8 Å². The van der Waals surface area contributed by atoms with E-state index in [1.54, 1.807) is 0 Å². The van der Waals surface area contributed by atoms with E-state index in [9.17, 15) is 0 Å². The van der Waals surface area contributed by atoms with Gasteiger partial charge in [0.25, 0.3) is 0 Å². The van der Waals surface area contributed by atoms with Crippen LogP contribution in [0, 0.1) is 0 Å². The Balaban J connectivity index is -0.000000144. The average Bonchev–Trinajstić information content (AvgIpc) is 1.80. The fourth-order valence-electron chi connectivity index (χ4n) is 0.134. The maximum atomic E-state index is 8.88. The van der Waals surface area contributed by atoms with E-state index in [0.29, 0.717) is 0 Å². The molecule has 0 aromatic carbocycles. The third-order valence-electron chi connectivity index (χ3n) is 0.487. The molecule has 0 fully saturated rings. The maximum absolute atomic E-state index is 8.88. The number of rotatable bonds is 2. The molecule has 0 bridgehead atoms. The first-order chi connectivity index (χ1) is 6.41. The van der Waals surface area contributed by atoms with Gasteiger partial charge in [-0.1, -0.05) is 13.3 Å². The molecule has 8 nitrogen and oxygen atoms in total. The minimum absolute atomic E-state index is 0.816. The molecule has 0 saturated carbocycles. The Morgan fingerprint density at radius 3 is 1.13 bits per heavy atom. The van der Waals surface area contributed by atoms with E-state index in [2.05, 4.69) is 6.92 Å². The summed E-state index contributed by atoms with van der Waals surface area (Å²) in [6.07, 6.45) is 2.37. The number of unbranched alkanes of at least 4 members (excludes halogenated alkanes) is 1. The van der Waals surface area contributed by atoms with Crippen LogP contribution >= 0.6 is 27.2 Å². The number of hydrogen-bond donors (Lipinski definition) is 6. The van der Waals surface area contributed by atoms with Gasteiger partial charge < -0.3 is 29.4 Å². The first-order valence-corrected chi connectivity index (χ1v) is 7.20. The summed E-state index contributed by atoms with van der Waals surface area (Å²) in [6, 6.07) is 0. The van der Waals surface area contributed by atoms with Gasteiger partial charge in [-0.25, -0.2) is 9.13 Å². The van der Waals surface area contributed by atoms with Crippen molar-refractivity contribution in [3.05, 3.63) is 0 Å². The standard InChI is InChI=1S/C4H9Cl.2H3O4P/c1-2-3-4-5;2*1-5(2,3)4/h2-4H2,1H3;2*(H3,1,2,3,4). The van der Waals surface area contributed by atoms with Gasteiger partial charge >= 0.3 is 15.6 Å². The second-order valence-electron chi connectivity index (χ2n) is 2.07. The minimum Gasteiger partial charge on any atom is -0.303 e. The van der Waals surface area contributed by atoms with Crippen molar-refractivity contribution >= 4 is 27.2 Å². The monoisotopic (exact) mass is 288 g/mol. The predicted molar refractivity (Wildman–Crippen MR) is 54.2 cm³/mol. The van der Waals surface area contributed by atoms with Crippen molar-refractivity contribution in [1.82, 2.24) is 0 Å². The predicted octanol–water partition coefficient (Wildman–Crippen LogP) is 0.168. The molecule has 0 unspecified atom stereocenters. The summed E-state index contributed by atoms with van der Waals surface area (Å²) >= 11 is 5.30. The largest absolute Gasteiger partial charge is 0.466 e. The molecule has 0 aromatic heterocycles. The van der Waals surface area contributed by atoms with Crippen molar-refractivity contribution in [3.8, 4) is 0 Å². The highest BCUT2D eigenvalue weighted by Gasteiger charge is 2.00. The summed E-state index contributed by atoms with van der Waals surface area (Å²) in [5.41, 5.74) is 0. The van der Waals surface area contributed by atoms with Crippen molar-refractivity contribution in [3.63, 3.8) is 0 Å². The van der Waals surface area contributed by atoms with E-state index in [1.807, 2.05) is 0 Å². The molecule has 0 heterocycles. The van der Waals surface area contributed by atoms with E-state index in [4.69, 9.17) is 50.1 Å². The third-order valence-corrected chi connectivity index (χ3v) is 0.754. The molecule has 0 aliphatic heterocycles. The second-order valence-corrected chi connectivity index (χ2v) is 4.50. The van der Waals surface area contributed by atoms with E-state index in [1.165, 1.54) is 6.42 Å². The van der Waals surface area contributed by atoms with Gasteiger partial charge in [0.2, 0.25) is 0 Å². The Morgan fingerprint density at radius 1 is 0.933 bits per heavy atom. The van der Waals surface area contributed by atoms with Crippen LogP contribution in [0.4, 0.5) is 0 Å². The van der Waals surface area contributed by atoms with Crippen molar-refractivity contribution in [1.29, 1.82) is 0 Å². The van der Waals surface area contributed by atoms with E-state index in [-0.39, 0.29) is 0 Å². The summed E-state index contributed by atoms with van der Waals surface area (Å²) < 4.78 is 17.8. The molecule has 0 aromatic rings. The molecule has 0 rings (SSSR count). The molecule has 0 aliphatic carbocycles. The fourth-order valence-corrected chi connectivity index (χ4v) is 0.401. The molecule has 0 aliphatic rings. The van der Waals surface area contributed by atoms with Crippen LogP contribution in [0.25, 0.3) is 0 Å². The zero-order chi connectivity index (χ0) is 13.1. The zero-order valence-corrected chi connectivity index (χ0v) is 10.4. The lowest BCUT2D eigenvalue weighted by Gasteiger charge is -1.82. The molecular formula is C4H15ClO8P2. The van der Waals surface area contributed by atoms with Crippen LogP contribution in [-0.2, 0) is 9.13 Å². The van der Waals surface area contributed by atoms with Crippen molar-refractivity contribution in [2.24, 2.45) is 0 Å². The van der Waals surface area contributed by atoms with E-state index in [0.717, 1.165) is 12.3 Å². The minimum atomic E-state index is -4.64. The summed E-state index contributed by atoms with van der Waals surface area (Å²) in [4.78, 5) is 43.1. The Hall–Kier alpha value is 0.510. The summed E-state index contributed by atoms with van der Waals surface area (Å²) in [5, 5.41) is 0. The number of phosphoric acid groups is 2.